The highest BCUT2D eigenvalue weighted by atomic mass is 35.5. The second-order valence-corrected chi connectivity index (χ2v) is 3.43. The molecular weight excluding hydrogens is 190 g/mol. The Morgan fingerprint density at radius 3 is 2.54 bits per heavy atom. The number of hydrogen-bond donors (Lipinski definition) is 1. The van der Waals surface area contributed by atoms with Gasteiger partial charge < -0.3 is 10.5 Å². The third-order valence-electron chi connectivity index (χ3n) is 2.57. The maximum Gasteiger partial charge on any atom is 0.310 e. The van der Waals surface area contributed by atoms with Gasteiger partial charge in [-0.25, -0.2) is 0 Å². The molecule has 0 aromatic heterocycles. The summed E-state index contributed by atoms with van der Waals surface area (Å²) < 4.78 is 4.70. The Morgan fingerprint density at radius 2 is 1.92 bits per heavy atom. The molecule has 0 aromatic rings. The molecule has 78 valence electrons. The highest BCUT2D eigenvalue weighted by Crippen LogP contribution is 2.22. The van der Waals surface area contributed by atoms with Gasteiger partial charge in [-0.1, -0.05) is 19.3 Å². The van der Waals surface area contributed by atoms with E-state index in [1.165, 1.54) is 13.5 Å². The van der Waals surface area contributed by atoms with Gasteiger partial charge in [0.05, 0.1) is 13.0 Å². The fraction of sp³-hybridized carbons (Fsp3) is 0.889. The summed E-state index contributed by atoms with van der Waals surface area (Å²) in [7, 11) is 1.43. The average Bonchev–Trinajstić information content (AvgIpc) is 2.28. The molecule has 3 nitrogen and oxygen atoms in total. The van der Waals surface area contributed by atoms with Crippen molar-refractivity contribution in [2.24, 2.45) is 11.7 Å². The Balaban J connectivity index is 0.00000144. The lowest BCUT2D eigenvalue weighted by Crippen LogP contribution is -2.35. The van der Waals surface area contributed by atoms with Crippen LogP contribution in [0.3, 0.4) is 0 Å². The average molecular weight is 208 g/mol. The maximum absolute atomic E-state index is 11.2. The lowest BCUT2D eigenvalue weighted by atomic mass is 9.96. The number of carbonyl (C=O) groups is 1. The number of rotatable bonds is 1. The fourth-order valence-corrected chi connectivity index (χ4v) is 1.78. The number of ether oxygens (including phenoxy) is 1. The van der Waals surface area contributed by atoms with Crippen LogP contribution in [0.25, 0.3) is 0 Å². The zero-order valence-electron chi connectivity index (χ0n) is 7.99. The summed E-state index contributed by atoms with van der Waals surface area (Å²) in [6, 6.07) is 0.0138. The summed E-state index contributed by atoms with van der Waals surface area (Å²) >= 11 is 0. The van der Waals surface area contributed by atoms with Gasteiger partial charge in [0.15, 0.2) is 0 Å². The predicted molar refractivity (Wildman–Crippen MR) is 53.8 cm³/mol. The van der Waals surface area contributed by atoms with Crippen molar-refractivity contribution in [3.63, 3.8) is 0 Å². The fourth-order valence-electron chi connectivity index (χ4n) is 1.78. The molecule has 2 atom stereocenters. The molecule has 0 saturated heterocycles. The third-order valence-corrected chi connectivity index (χ3v) is 2.57. The molecule has 13 heavy (non-hydrogen) atoms. The first kappa shape index (κ1) is 12.7. The van der Waals surface area contributed by atoms with Crippen LogP contribution in [0.2, 0.25) is 0 Å². The van der Waals surface area contributed by atoms with Crippen LogP contribution in [0.1, 0.15) is 32.1 Å². The lowest BCUT2D eigenvalue weighted by molar-refractivity contribution is -0.146. The quantitative estimate of drug-likeness (QED) is 0.524. The maximum atomic E-state index is 11.2. The van der Waals surface area contributed by atoms with Gasteiger partial charge in [0.1, 0.15) is 0 Å². The van der Waals surface area contributed by atoms with Crippen LogP contribution in [-0.2, 0) is 9.53 Å². The van der Waals surface area contributed by atoms with Crippen LogP contribution < -0.4 is 5.73 Å². The van der Waals surface area contributed by atoms with Crippen LogP contribution in [0.5, 0.6) is 0 Å². The van der Waals surface area contributed by atoms with Crippen molar-refractivity contribution < 1.29 is 9.53 Å². The zero-order chi connectivity index (χ0) is 8.97. The Hall–Kier alpha value is -0.280. The number of halogens is 1. The van der Waals surface area contributed by atoms with E-state index < -0.39 is 0 Å². The van der Waals surface area contributed by atoms with Gasteiger partial charge in [0.25, 0.3) is 0 Å². The molecule has 0 aliphatic heterocycles. The number of esters is 1. The van der Waals surface area contributed by atoms with Gasteiger partial charge in [-0.15, -0.1) is 12.4 Å². The van der Waals surface area contributed by atoms with Crippen molar-refractivity contribution >= 4 is 18.4 Å². The largest absolute Gasteiger partial charge is 0.469 e. The molecule has 1 fully saturated rings. The van der Waals surface area contributed by atoms with Gasteiger partial charge in [0, 0.05) is 6.04 Å². The van der Waals surface area contributed by atoms with Crippen LogP contribution in [-0.4, -0.2) is 19.1 Å². The molecule has 2 N–H and O–H groups in total. The van der Waals surface area contributed by atoms with Gasteiger partial charge >= 0.3 is 5.97 Å². The summed E-state index contributed by atoms with van der Waals surface area (Å²) in [4.78, 5) is 11.2. The van der Waals surface area contributed by atoms with E-state index in [0.29, 0.717) is 0 Å². The van der Waals surface area contributed by atoms with Crippen molar-refractivity contribution in [3.8, 4) is 0 Å². The van der Waals surface area contributed by atoms with E-state index in [2.05, 4.69) is 0 Å². The zero-order valence-corrected chi connectivity index (χ0v) is 8.81. The van der Waals surface area contributed by atoms with E-state index in [-0.39, 0.29) is 30.3 Å². The van der Waals surface area contributed by atoms with Crippen LogP contribution in [0, 0.1) is 5.92 Å². The second-order valence-electron chi connectivity index (χ2n) is 3.43. The van der Waals surface area contributed by atoms with Gasteiger partial charge in [0.2, 0.25) is 0 Å². The first-order valence-corrected chi connectivity index (χ1v) is 4.59. The third kappa shape index (κ3) is 3.53. The topological polar surface area (TPSA) is 52.3 Å². The normalized spacial score (nSPS) is 28.5. The van der Waals surface area contributed by atoms with E-state index in [4.69, 9.17) is 10.5 Å². The van der Waals surface area contributed by atoms with Crippen LogP contribution in [0.15, 0.2) is 0 Å². The predicted octanol–water partition coefficient (Wildman–Crippen LogP) is 1.49. The summed E-state index contributed by atoms with van der Waals surface area (Å²) in [5, 5.41) is 0. The van der Waals surface area contributed by atoms with Crippen molar-refractivity contribution in [1.29, 1.82) is 0 Å². The molecule has 0 radical (unpaired) electrons. The SMILES string of the molecule is COC(=O)[C@H]1CCCCC[C@H]1N.Cl. The molecule has 1 aliphatic rings. The summed E-state index contributed by atoms with van der Waals surface area (Å²) in [5.74, 6) is -0.193. The highest BCUT2D eigenvalue weighted by Gasteiger charge is 2.27. The minimum atomic E-state index is -0.135. The molecule has 0 bridgehead atoms. The monoisotopic (exact) mass is 207 g/mol. The molecule has 0 heterocycles. The molecule has 0 spiro atoms. The molecule has 1 aliphatic carbocycles. The number of hydrogen-bond acceptors (Lipinski definition) is 3. The van der Waals surface area contributed by atoms with Crippen molar-refractivity contribution in [1.82, 2.24) is 0 Å². The van der Waals surface area contributed by atoms with Crippen LogP contribution >= 0.6 is 12.4 Å². The number of carbonyl (C=O) groups excluding carboxylic acids is 1. The van der Waals surface area contributed by atoms with Crippen molar-refractivity contribution in [2.75, 3.05) is 7.11 Å². The number of methoxy groups -OCH3 is 1. The highest BCUT2D eigenvalue weighted by molar-refractivity contribution is 5.85. The van der Waals surface area contributed by atoms with E-state index in [1.807, 2.05) is 0 Å². The summed E-state index contributed by atoms with van der Waals surface area (Å²) in [5.41, 5.74) is 5.85. The standard InChI is InChI=1S/C9H17NO2.ClH/c1-12-9(11)7-5-3-2-4-6-8(7)10;/h7-8H,2-6,10H2,1H3;1H/t7-,8+;/m0./s1. The summed E-state index contributed by atoms with van der Waals surface area (Å²) in [6.45, 7) is 0. The Bertz CT molecular complexity index is 164. The molecular formula is C9H18ClNO2. The van der Waals surface area contributed by atoms with Crippen molar-refractivity contribution in [2.45, 2.75) is 38.1 Å². The van der Waals surface area contributed by atoms with Gasteiger partial charge in [-0.2, -0.15) is 0 Å². The van der Waals surface area contributed by atoms with E-state index in [1.54, 1.807) is 0 Å². The Labute approximate surface area is 85.4 Å². The second kappa shape index (κ2) is 6.22. The first-order chi connectivity index (χ1) is 5.75. The number of nitrogens with two attached hydrogens (primary N) is 1. The Kier molecular flexibility index (Phi) is 6.08. The molecule has 1 rings (SSSR count). The van der Waals surface area contributed by atoms with Crippen molar-refractivity contribution in [3.05, 3.63) is 0 Å². The van der Waals surface area contributed by atoms with E-state index in [9.17, 15) is 4.79 Å². The smallest absolute Gasteiger partial charge is 0.310 e. The first-order valence-electron chi connectivity index (χ1n) is 4.59. The summed E-state index contributed by atoms with van der Waals surface area (Å²) in [6.07, 6.45) is 5.30. The molecule has 4 heteroatoms. The van der Waals surface area contributed by atoms with E-state index >= 15 is 0 Å². The van der Waals surface area contributed by atoms with Gasteiger partial charge in [-0.3, -0.25) is 4.79 Å². The van der Waals surface area contributed by atoms with E-state index in [0.717, 1.165) is 25.7 Å². The van der Waals surface area contributed by atoms with Crippen LogP contribution in [0.4, 0.5) is 0 Å². The lowest BCUT2D eigenvalue weighted by Gasteiger charge is -2.17. The molecule has 0 unspecified atom stereocenters. The minimum absolute atomic E-state index is 0. The molecule has 1 saturated carbocycles. The van der Waals surface area contributed by atoms with Gasteiger partial charge in [-0.05, 0) is 12.8 Å². The minimum Gasteiger partial charge on any atom is -0.469 e. The molecule has 0 aromatic carbocycles. The Morgan fingerprint density at radius 1 is 1.31 bits per heavy atom. The molecule has 0 amide bonds.